The van der Waals surface area contributed by atoms with E-state index in [1.165, 1.54) is 12.8 Å². The number of aromatic nitrogens is 4. The summed E-state index contributed by atoms with van der Waals surface area (Å²) < 4.78 is 3.97. The molecular weight excluding hydrogens is 426 g/mol. The fourth-order valence-electron chi connectivity index (χ4n) is 6.80. The van der Waals surface area contributed by atoms with Crippen molar-refractivity contribution in [2.45, 2.75) is 63.0 Å². The van der Waals surface area contributed by atoms with Crippen molar-refractivity contribution in [1.82, 2.24) is 18.9 Å². The molecule has 3 N–H and O–H groups in total. The average molecular weight is 456 g/mol. The second-order valence-corrected chi connectivity index (χ2v) is 11.1. The molecule has 7 heteroatoms. The van der Waals surface area contributed by atoms with Gasteiger partial charge in [-0.05, 0) is 74.8 Å². The summed E-state index contributed by atoms with van der Waals surface area (Å²) in [5.41, 5.74) is 8.10. The monoisotopic (exact) mass is 455 g/mol. The first-order valence-electron chi connectivity index (χ1n) is 12.4. The number of rotatable bonds is 3. The maximum Gasteiger partial charge on any atom is 0.258 e. The molecule has 4 aromatic rings. The van der Waals surface area contributed by atoms with Crippen LogP contribution in [0.25, 0.3) is 27.5 Å². The van der Waals surface area contributed by atoms with Gasteiger partial charge in [0.25, 0.3) is 5.56 Å². The third kappa shape index (κ3) is 2.96. The molecule has 0 spiro atoms. The molecule has 4 aliphatic rings. The Morgan fingerprint density at radius 1 is 1.09 bits per heavy atom. The molecule has 7 nitrogen and oxygen atoms in total. The van der Waals surface area contributed by atoms with E-state index in [9.17, 15) is 9.90 Å². The Balaban J connectivity index is 1.35. The maximum absolute atomic E-state index is 13.6. The molecule has 8 rings (SSSR count). The van der Waals surface area contributed by atoms with Gasteiger partial charge in [-0.15, -0.1) is 0 Å². The smallest absolute Gasteiger partial charge is 0.258 e. The quantitative estimate of drug-likeness (QED) is 0.480. The predicted molar refractivity (Wildman–Crippen MR) is 132 cm³/mol. The molecule has 4 aliphatic carbocycles. The van der Waals surface area contributed by atoms with Gasteiger partial charge in [-0.3, -0.25) is 9.20 Å². The molecule has 1 aromatic carbocycles. The normalized spacial score (nSPS) is 30.3. The Kier molecular flexibility index (Phi) is 4.11. The van der Waals surface area contributed by atoms with Crippen molar-refractivity contribution in [3.8, 4) is 11.3 Å². The van der Waals surface area contributed by atoms with Gasteiger partial charge in [0.2, 0.25) is 0 Å². The van der Waals surface area contributed by atoms with Gasteiger partial charge in [0.05, 0.1) is 5.60 Å². The summed E-state index contributed by atoms with van der Waals surface area (Å²) in [7, 11) is 0. The highest BCUT2D eigenvalue weighted by atomic mass is 16.3. The zero-order chi connectivity index (χ0) is 23.2. The van der Waals surface area contributed by atoms with Gasteiger partial charge >= 0.3 is 0 Å². The summed E-state index contributed by atoms with van der Waals surface area (Å²) in [4.78, 5) is 22.9. The largest absolute Gasteiger partial charge is 0.390 e. The third-order valence-electron chi connectivity index (χ3n) is 8.49. The number of nitrogen functional groups attached to an aromatic ring is 1. The number of fused-ring (bicyclic) bond motifs is 4. The van der Waals surface area contributed by atoms with Gasteiger partial charge in [-0.2, -0.15) is 0 Å². The van der Waals surface area contributed by atoms with E-state index >= 15 is 0 Å². The fourth-order valence-corrected chi connectivity index (χ4v) is 6.80. The Bertz CT molecular complexity index is 1490. The lowest BCUT2D eigenvalue weighted by Gasteiger charge is -2.45. The predicted octanol–water partition coefficient (Wildman–Crippen LogP) is 4.28. The zero-order valence-corrected chi connectivity index (χ0v) is 19.3. The Morgan fingerprint density at radius 2 is 1.85 bits per heavy atom. The summed E-state index contributed by atoms with van der Waals surface area (Å²) in [6.45, 7) is 1.86. The molecule has 0 amide bonds. The molecule has 0 saturated heterocycles. The van der Waals surface area contributed by atoms with Crippen LogP contribution in [0.1, 0.15) is 63.2 Å². The van der Waals surface area contributed by atoms with E-state index in [1.54, 1.807) is 6.20 Å². The molecule has 0 radical (unpaired) electrons. The van der Waals surface area contributed by atoms with E-state index in [2.05, 4.69) is 11.1 Å². The second kappa shape index (κ2) is 6.92. The third-order valence-corrected chi connectivity index (χ3v) is 8.49. The number of hydrogen-bond donors (Lipinski definition) is 2. The molecule has 3 heterocycles. The van der Waals surface area contributed by atoms with Crippen LogP contribution in [0.3, 0.4) is 0 Å². The minimum atomic E-state index is -0.650. The van der Waals surface area contributed by atoms with Crippen LogP contribution in [0.4, 0.5) is 5.82 Å². The number of pyridine rings is 1. The van der Waals surface area contributed by atoms with E-state index in [0.29, 0.717) is 24.7 Å². The standard InChI is InChI=1S/C27H29N5O2/c1-27(34)13-19(14-27)25-30-22(23-24(28)29-5-7-32(23)25)18-3-2-17-4-6-31(26(33)21(17)12-18)20-10-15-8-16(9-15)11-20/h2-7,12,15-16,19-20,34H,8-11,13-14H2,1H3,(H2,28,29). The minimum Gasteiger partial charge on any atom is -0.390 e. The van der Waals surface area contributed by atoms with E-state index in [1.807, 2.05) is 46.5 Å². The lowest BCUT2D eigenvalue weighted by Crippen LogP contribution is -2.40. The van der Waals surface area contributed by atoms with Crippen molar-refractivity contribution in [2.24, 2.45) is 11.8 Å². The molecule has 3 aromatic heterocycles. The molecule has 0 unspecified atom stereocenters. The maximum atomic E-state index is 13.6. The molecule has 4 fully saturated rings. The molecule has 2 bridgehead atoms. The van der Waals surface area contributed by atoms with Crippen molar-refractivity contribution < 1.29 is 5.11 Å². The van der Waals surface area contributed by atoms with Gasteiger partial charge in [-0.25, -0.2) is 9.97 Å². The Hall–Kier alpha value is -3.19. The minimum absolute atomic E-state index is 0.0792. The fraction of sp³-hybridized carbons (Fsp3) is 0.444. The van der Waals surface area contributed by atoms with E-state index in [4.69, 9.17) is 10.7 Å². The van der Waals surface area contributed by atoms with Crippen molar-refractivity contribution in [3.05, 3.63) is 59.0 Å². The van der Waals surface area contributed by atoms with Crippen molar-refractivity contribution in [1.29, 1.82) is 0 Å². The number of nitrogens with zero attached hydrogens (tertiary/aromatic N) is 4. The van der Waals surface area contributed by atoms with E-state index in [0.717, 1.165) is 58.0 Å². The van der Waals surface area contributed by atoms with Gasteiger partial charge in [0.1, 0.15) is 22.9 Å². The summed E-state index contributed by atoms with van der Waals surface area (Å²) in [6, 6.07) is 8.35. The van der Waals surface area contributed by atoms with Gasteiger partial charge < -0.3 is 15.4 Å². The molecular formula is C27H29N5O2. The number of hydrogen-bond acceptors (Lipinski definition) is 5. The van der Waals surface area contributed by atoms with Crippen LogP contribution in [0.2, 0.25) is 0 Å². The molecule has 0 atom stereocenters. The van der Waals surface area contributed by atoms with Gasteiger partial charge in [-0.1, -0.05) is 12.1 Å². The highest BCUT2D eigenvalue weighted by Crippen LogP contribution is 2.49. The lowest BCUT2D eigenvalue weighted by molar-refractivity contribution is -0.0335. The molecule has 0 aliphatic heterocycles. The summed E-state index contributed by atoms with van der Waals surface area (Å²) >= 11 is 0. The second-order valence-electron chi connectivity index (χ2n) is 11.1. The van der Waals surface area contributed by atoms with Gasteiger partial charge in [0, 0.05) is 41.5 Å². The SMILES string of the molecule is CC1(O)CC(c2nc(-c3ccc4ccn(C5CC6CC(C6)C5)c(=O)c4c3)c3c(N)nccn23)C1. The van der Waals surface area contributed by atoms with Crippen LogP contribution in [-0.2, 0) is 0 Å². The summed E-state index contributed by atoms with van der Waals surface area (Å²) in [6.07, 6.45) is 11.8. The number of aliphatic hydroxyl groups is 1. The Labute approximate surface area is 197 Å². The van der Waals surface area contributed by atoms with Crippen LogP contribution in [0, 0.1) is 11.8 Å². The van der Waals surface area contributed by atoms with Gasteiger partial charge in [0.15, 0.2) is 0 Å². The molecule has 34 heavy (non-hydrogen) atoms. The molecule has 4 saturated carbocycles. The number of anilines is 1. The first kappa shape index (κ1) is 20.2. The van der Waals surface area contributed by atoms with Crippen LogP contribution in [-0.4, -0.2) is 29.6 Å². The summed E-state index contributed by atoms with van der Waals surface area (Å²) in [5, 5.41) is 11.9. The zero-order valence-electron chi connectivity index (χ0n) is 19.3. The van der Waals surface area contributed by atoms with Crippen molar-refractivity contribution >= 4 is 22.1 Å². The highest BCUT2D eigenvalue weighted by molar-refractivity contribution is 5.91. The number of benzene rings is 1. The lowest BCUT2D eigenvalue weighted by atomic mass is 9.63. The molecule has 174 valence electrons. The number of imidazole rings is 1. The van der Waals surface area contributed by atoms with Crippen LogP contribution >= 0.6 is 0 Å². The Morgan fingerprint density at radius 3 is 2.59 bits per heavy atom. The van der Waals surface area contributed by atoms with E-state index in [-0.39, 0.29) is 11.5 Å². The van der Waals surface area contributed by atoms with Crippen LogP contribution in [0.15, 0.2) is 47.7 Å². The highest BCUT2D eigenvalue weighted by Gasteiger charge is 2.42. The first-order chi connectivity index (χ1) is 16.4. The van der Waals surface area contributed by atoms with Crippen molar-refractivity contribution in [2.75, 3.05) is 5.73 Å². The average Bonchev–Trinajstić information content (AvgIpc) is 3.18. The first-order valence-corrected chi connectivity index (χ1v) is 12.4. The summed E-state index contributed by atoms with van der Waals surface area (Å²) in [5.74, 6) is 3.03. The topological polar surface area (TPSA) is 98.4 Å². The van der Waals surface area contributed by atoms with Crippen LogP contribution in [0.5, 0.6) is 0 Å². The van der Waals surface area contributed by atoms with Crippen LogP contribution < -0.4 is 11.3 Å². The van der Waals surface area contributed by atoms with Crippen molar-refractivity contribution in [3.63, 3.8) is 0 Å². The van der Waals surface area contributed by atoms with E-state index < -0.39 is 5.60 Å². The number of nitrogens with two attached hydrogens (primary N) is 1.